The maximum Gasteiger partial charge on any atom is 0.296 e. The molecule has 0 saturated carbocycles. The van der Waals surface area contributed by atoms with Crippen LogP contribution in [0.3, 0.4) is 0 Å². The Morgan fingerprint density at radius 2 is 2.03 bits per heavy atom. The first-order valence-corrected chi connectivity index (χ1v) is 10.3. The normalized spacial score (nSPS) is 16.5. The molecular formula is C22H12ClFN2O4S. The van der Waals surface area contributed by atoms with Crippen LogP contribution >= 0.6 is 22.9 Å². The van der Waals surface area contributed by atoms with Gasteiger partial charge in [0.25, 0.3) is 5.91 Å². The number of halogens is 2. The molecule has 1 aliphatic rings. The van der Waals surface area contributed by atoms with Gasteiger partial charge in [0, 0.05) is 5.02 Å². The zero-order valence-electron chi connectivity index (χ0n) is 15.6. The van der Waals surface area contributed by atoms with E-state index < -0.39 is 29.3 Å². The van der Waals surface area contributed by atoms with Gasteiger partial charge in [-0.15, -0.1) is 0 Å². The van der Waals surface area contributed by atoms with Crippen LogP contribution in [0.15, 0.2) is 76.6 Å². The summed E-state index contributed by atoms with van der Waals surface area (Å²) in [7, 11) is 0. The van der Waals surface area contributed by atoms with Gasteiger partial charge >= 0.3 is 0 Å². The van der Waals surface area contributed by atoms with Crippen LogP contribution in [0.2, 0.25) is 5.02 Å². The molecule has 0 fully saturated rings. The lowest BCUT2D eigenvalue weighted by atomic mass is 9.95. The van der Waals surface area contributed by atoms with Crippen molar-refractivity contribution < 1.29 is 23.5 Å². The second-order valence-electron chi connectivity index (χ2n) is 6.81. The number of aliphatic hydroxyl groups excluding tert-OH is 1. The summed E-state index contributed by atoms with van der Waals surface area (Å²) in [6.07, 6.45) is 1.33. The van der Waals surface area contributed by atoms with Crippen molar-refractivity contribution in [1.29, 1.82) is 0 Å². The Kier molecular flexibility index (Phi) is 4.60. The van der Waals surface area contributed by atoms with E-state index in [2.05, 4.69) is 4.98 Å². The number of thiazole rings is 1. The Labute approximate surface area is 183 Å². The van der Waals surface area contributed by atoms with Crippen molar-refractivity contribution in [2.45, 2.75) is 6.04 Å². The summed E-state index contributed by atoms with van der Waals surface area (Å²) in [5, 5.41) is 11.3. The molecule has 154 valence electrons. The molecule has 2 aromatic heterocycles. The van der Waals surface area contributed by atoms with E-state index in [1.807, 2.05) is 0 Å². The zero-order chi connectivity index (χ0) is 21.7. The number of fused-ring (bicyclic) bond motifs is 1. The van der Waals surface area contributed by atoms with Crippen LogP contribution in [0.1, 0.15) is 22.2 Å². The number of aliphatic hydroxyl groups is 1. The summed E-state index contributed by atoms with van der Waals surface area (Å²) in [5.41, 5.74) is 0.849. The molecule has 0 saturated heterocycles. The number of aromatic nitrogens is 1. The topological polar surface area (TPSA) is 83.6 Å². The molecule has 0 radical (unpaired) electrons. The summed E-state index contributed by atoms with van der Waals surface area (Å²) in [6.45, 7) is 0. The van der Waals surface area contributed by atoms with Crippen molar-refractivity contribution in [3.05, 3.63) is 94.4 Å². The predicted molar refractivity (Wildman–Crippen MR) is 114 cm³/mol. The van der Waals surface area contributed by atoms with Crippen molar-refractivity contribution >= 4 is 50.0 Å². The van der Waals surface area contributed by atoms with Gasteiger partial charge < -0.3 is 9.52 Å². The van der Waals surface area contributed by atoms with Crippen molar-refractivity contribution in [3.63, 3.8) is 0 Å². The Balaban J connectivity index is 1.70. The summed E-state index contributed by atoms with van der Waals surface area (Å²) in [5.74, 6) is -2.57. The molecule has 1 atom stereocenters. The van der Waals surface area contributed by atoms with Crippen LogP contribution in [0.4, 0.5) is 9.52 Å². The van der Waals surface area contributed by atoms with E-state index >= 15 is 0 Å². The first-order valence-electron chi connectivity index (χ1n) is 9.10. The molecular weight excluding hydrogens is 443 g/mol. The van der Waals surface area contributed by atoms with Gasteiger partial charge in [0.15, 0.2) is 16.7 Å². The van der Waals surface area contributed by atoms with E-state index in [-0.39, 0.29) is 16.5 Å². The van der Waals surface area contributed by atoms with E-state index in [1.165, 1.54) is 41.5 Å². The minimum absolute atomic E-state index is 0.0189. The van der Waals surface area contributed by atoms with Gasteiger partial charge in [-0.2, -0.15) is 0 Å². The maximum absolute atomic E-state index is 13.7. The van der Waals surface area contributed by atoms with E-state index in [0.717, 1.165) is 11.3 Å². The van der Waals surface area contributed by atoms with Crippen molar-refractivity contribution in [3.8, 4) is 0 Å². The molecule has 6 nitrogen and oxygen atoms in total. The van der Waals surface area contributed by atoms with Crippen molar-refractivity contribution in [2.75, 3.05) is 4.90 Å². The van der Waals surface area contributed by atoms with Crippen LogP contribution in [-0.4, -0.2) is 21.8 Å². The highest BCUT2D eigenvalue weighted by atomic mass is 35.5. The highest BCUT2D eigenvalue weighted by molar-refractivity contribution is 7.22. The first kappa shape index (κ1) is 19.5. The monoisotopic (exact) mass is 454 g/mol. The number of furan rings is 1. The third kappa shape index (κ3) is 3.20. The number of hydrogen-bond acceptors (Lipinski definition) is 6. The smallest absolute Gasteiger partial charge is 0.296 e. The molecule has 0 bridgehead atoms. The van der Waals surface area contributed by atoms with E-state index in [4.69, 9.17) is 16.0 Å². The van der Waals surface area contributed by atoms with Gasteiger partial charge in [-0.05, 0) is 48.0 Å². The predicted octanol–water partition coefficient (Wildman–Crippen LogP) is 5.46. The average Bonchev–Trinajstić information content (AvgIpc) is 3.46. The minimum Gasteiger partial charge on any atom is -0.503 e. The number of benzene rings is 2. The quantitative estimate of drug-likeness (QED) is 0.414. The molecule has 2 aromatic carbocycles. The number of rotatable bonds is 4. The number of nitrogens with zero attached hydrogens (tertiary/aromatic N) is 2. The number of amides is 1. The Hall–Kier alpha value is -3.49. The molecule has 31 heavy (non-hydrogen) atoms. The van der Waals surface area contributed by atoms with Gasteiger partial charge in [0.05, 0.1) is 28.1 Å². The zero-order valence-corrected chi connectivity index (χ0v) is 17.2. The third-order valence-electron chi connectivity index (χ3n) is 4.91. The molecule has 1 N–H and O–H groups in total. The maximum atomic E-state index is 13.7. The fourth-order valence-electron chi connectivity index (χ4n) is 3.56. The van der Waals surface area contributed by atoms with Crippen LogP contribution < -0.4 is 4.90 Å². The summed E-state index contributed by atoms with van der Waals surface area (Å²) in [4.78, 5) is 31.9. The average molecular weight is 455 g/mol. The number of Topliss-reactive ketones (excluding diaryl/α,β-unsaturated/α-hetero) is 1. The Morgan fingerprint density at radius 1 is 1.19 bits per heavy atom. The lowest BCUT2D eigenvalue weighted by molar-refractivity contribution is -0.117. The first-order chi connectivity index (χ1) is 14.9. The Morgan fingerprint density at radius 3 is 2.77 bits per heavy atom. The van der Waals surface area contributed by atoms with E-state index in [1.54, 1.807) is 24.3 Å². The molecule has 0 unspecified atom stereocenters. The number of anilines is 1. The second kappa shape index (κ2) is 7.33. The third-order valence-corrected chi connectivity index (χ3v) is 6.16. The summed E-state index contributed by atoms with van der Waals surface area (Å²) >= 11 is 7.23. The van der Waals surface area contributed by atoms with Crippen LogP contribution in [0.5, 0.6) is 0 Å². The van der Waals surface area contributed by atoms with Gasteiger partial charge in [-0.3, -0.25) is 14.5 Å². The van der Waals surface area contributed by atoms with Crippen LogP contribution in [-0.2, 0) is 4.79 Å². The SMILES string of the molecule is O=C(C1=C(O)C(=O)N(c2nc3ccc(F)cc3s2)[C@@H]1c1cccc(Cl)c1)c1ccco1. The Bertz CT molecular complexity index is 1380. The van der Waals surface area contributed by atoms with Gasteiger partial charge in [-0.1, -0.05) is 35.1 Å². The molecule has 5 rings (SSSR count). The molecule has 1 aliphatic heterocycles. The molecule has 9 heteroatoms. The van der Waals surface area contributed by atoms with Gasteiger partial charge in [-0.25, -0.2) is 9.37 Å². The summed E-state index contributed by atoms with van der Waals surface area (Å²) in [6, 6.07) is 12.7. The van der Waals surface area contributed by atoms with Gasteiger partial charge in [0.2, 0.25) is 5.78 Å². The van der Waals surface area contributed by atoms with Crippen molar-refractivity contribution in [2.24, 2.45) is 0 Å². The highest BCUT2D eigenvalue weighted by Crippen LogP contribution is 2.44. The van der Waals surface area contributed by atoms with E-state index in [0.29, 0.717) is 20.8 Å². The fourth-order valence-corrected chi connectivity index (χ4v) is 4.77. The lowest BCUT2D eigenvalue weighted by Crippen LogP contribution is -2.30. The highest BCUT2D eigenvalue weighted by Gasteiger charge is 2.46. The van der Waals surface area contributed by atoms with Gasteiger partial charge in [0.1, 0.15) is 5.82 Å². The number of carbonyl (C=O) groups excluding carboxylic acids is 2. The van der Waals surface area contributed by atoms with E-state index in [9.17, 15) is 19.1 Å². The fraction of sp³-hybridized carbons (Fsp3) is 0.0455. The van der Waals surface area contributed by atoms with Crippen LogP contribution in [0, 0.1) is 5.82 Å². The molecule has 3 heterocycles. The standard InChI is InChI=1S/C22H12ClFN2O4S/c23-12-4-1-3-11(9-12)18-17(19(27)15-5-2-8-30-15)20(28)21(29)26(18)22-25-14-7-6-13(24)10-16(14)31-22/h1-10,18,28H/t18-/m1/s1. The lowest BCUT2D eigenvalue weighted by Gasteiger charge is -2.24. The number of carbonyl (C=O) groups is 2. The number of hydrogen-bond donors (Lipinski definition) is 1. The molecule has 0 aliphatic carbocycles. The minimum atomic E-state index is -0.991. The molecule has 0 spiro atoms. The largest absolute Gasteiger partial charge is 0.503 e. The van der Waals surface area contributed by atoms with Crippen LogP contribution in [0.25, 0.3) is 10.2 Å². The van der Waals surface area contributed by atoms with Crippen molar-refractivity contribution in [1.82, 2.24) is 4.98 Å². The molecule has 4 aromatic rings. The second-order valence-corrected chi connectivity index (χ2v) is 8.26. The summed E-state index contributed by atoms with van der Waals surface area (Å²) < 4.78 is 19.4. The molecule has 1 amide bonds. The number of ketones is 1.